The van der Waals surface area contributed by atoms with E-state index in [0.717, 1.165) is 6.07 Å². The van der Waals surface area contributed by atoms with Crippen LogP contribution in [0.25, 0.3) is 10.4 Å². The Hall–Kier alpha value is -2.32. The zero-order valence-corrected chi connectivity index (χ0v) is 10.6. The first-order valence-corrected chi connectivity index (χ1v) is 5.67. The molecule has 1 aromatic carbocycles. The molecule has 0 saturated heterocycles. The van der Waals surface area contributed by atoms with Crippen molar-refractivity contribution in [2.45, 2.75) is 12.2 Å². The lowest BCUT2D eigenvalue weighted by atomic mass is 10.0. The van der Waals surface area contributed by atoms with Gasteiger partial charge < -0.3 is 11.1 Å². The van der Waals surface area contributed by atoms with Crippen molar-refractivity contribution in [1.82, 2.24) is 5.32 Å². The average molecular weight is 305 g/mol. The largest absolute Gasteiger partial charge is 0.419 e. The molecular formula is C11H11F4N5O. The molecule has 0 bridgehead atoms. The molecule has 0 spiro atoms. The summed E-state index contributed by atoms with van der Waals surface area (Å²) in [4.78, 5) is 13.8. The van der Waals surface area contributed by atoms with Gasteiger partial charge in [0, 0.05) is 18.0 Å². The summed E-state index contributed by atoms with van der Waals surface area (Å²) in [6.07, 6.45) is -4.88. The van der Waals surface area contributed by atoms with Gasteiger partial charge in [-0.2, -0.15) is 13.2 Å². The molecule has 0 aliphatic rings. The second kappa shape index (κ2) is 6.91. The van der Waals surface area contributed by atoms with Crippen LogP contribution in [0.2, 0.25) is 0 Å². The molecule has 1 atom stereocenters. The predicted molar refractivity (Wildman–Crippen MR) is 65.4 cm³/mol. The standard InChI is InChI=1S/C11H11F4N5O/c12-8-2-1-6(5-7(8)11(13,14)15)9(10(16)21)18-3-4-19-20-17/h1-2,5,9,18H,3-4H2,(H2,16,21). The van der Waals surface area contributed by atoms with Crippen LogP contribution in [0.1, 0.15) is 17.2 Å². The van der Waals surface area contributed by atoms with Crippen molar-refractivity contribution in [3.63, 3.8) is 0 Å². The van der Waals surface area contributed by atoms with Crippen molar-refractivity contribution < 1.29 is 22.4 Å². The number of amides is 1. The van der Waals surface area contributed by atoms with E-state index >= 15 is 0 Å². The highest BCUT2D eigenvalue weighted by Crippen LogP contribution is 2.33. The molecule has 0 saturated carbocycles. The summed E-state index contributed by atoms with van der Waals surface area (Å²) in [5, 5.41) is 5.73. The van der Waals surface area contributed by atoms with E-state index in [9.17, 15) is 22.4 Å². The summed E-state index contributed by atoms with van der Waals surface area (Å²) in [6, 6.07) is 0.912. The van der Waals surface area contributed by atoms with Crippen molar-refractivity contribution in [2.24, 2.45) is 10.8 Å². The lowest BCUT2D eigenvalue weighted by Gasteiger charge is -2.17. The molecule has 0 heterocycles. The maximum Gasteiger partial charge on any atom is 0.419 e. The normalized spacial score (nSPS) is 12.6. The van der Waals surface area contributed by atoms with Crippen molar-refractivity contribution in [3.05, 3.63) is 45.6 Å². The number of azide groups is 1. The van der Waals surface area contributed by atoms with Gasteiger partial charge in [0.25, 0.3) is 0 Å². The average Bonchev–Trinajstić information content (AvgIpc) is 2.38. The number of benzene rings is 1. The van der Waals surface area contributed by atoms with Crippen molar-refractivity contribution in [3.8, 4) is 0 Å². The first kappa shape index (κ1) is 16.7. The molecule has 0 aromatic heterocycles. The SMILES string of the molecule is [N-]=[N+]=NCCNC(C(N)=O)c1ccc(F)c(C(F)(F)F)c1. The number of hydrogen-bond acceptors (Lipinski definition) is 3. The van der Waals surface area contributed by atoms with E-state index in [4.69, 9.17) is 11.3 Å². The predicted octanol–water partition coefficient (Wildman–Crippen LogP) is 2.27. The maximum absolute atomic E-state index is 13.2. The Morgan fingerprint density at radius 3 is 2.67 bits per heavy atom. The molecule has 10 heteroatoms. The highest BCUT2D eigenvalue weighted by atomic mass is 19.4. The molecule has 114 valence electrons. The summed E-state index contributed by atoms with van der Waals surface area (Å²) >= 11 is 0. The van der Waals surface area contributed by atoms with E-state index in [-0.39, 0.29) is 18.7 Å². The van der Waals surface area contributed by atoms with Gasteiger partial charge in [0.1, 0.15) is 11.9 Å². The maximum atomic E-state index is 13.2. The van der Waals surface area contributed by atoms with E-state index in [2.05, 4.69) is 15.3 Å². The first-order chi connectivity index (χ1) is 9.77. The fourth-order valence-electron chi connectivity index (χ4n) is 1.63. The van der Waals surface area contributed by atoms with Crippen LogP contribution in [-0.2, 0) is 11.0 Å². The van der Waals surface area contributed by atoms with E-state index in [1.54, 1.807) is 0 Å². The number of carbonyl (C=O) groups excluding carboxylic acids is 1. The van der Waals surface area contributed by atoms with Crippen molar-refractivity contribution >= 4 is 5.91 Å². The Bertz CT molecular complexity index is 568. The van der Waals surface area contributed by atoms with Crippen LogP contribution in [0.15, 0.2) is 23.3 Å². The molecule has 1 rings (SSSR count). The van der Waals surface area contributed by atoms with Crippen LogP contribution in [0, 0.1) is 5.82 Å². The summed E-state index contributed by atoms with van der Waals surface area (Å²) in [5.41, 5.74) is 11.6. The summed E-state index contributed by atoms with van der Waals surface area (Å²) in [7, 11) is 0. The Morgan fingerprint density at radius 1 is 1.48 bits per heavy atom. The van der Waals surface area contributed by atoms with E-state index in [0.29, 0.717) is 12.1 Å². The summed E-state index contributed by atoms with van der Waals surface area (Å²) in [6.45, 7) is 0.00397. The number of nitrogens with zero attached hydrogens (tertiary/aromatic N) is 3. The van der Waals surface area contributed by atoms with Gasteiger partial charge in [-0.1, -0.05) is 11.2 Å². The van der Waals surface area contributed by atoms with Crippen LogP contribution in [0.4, 0.5) is 17.6 Å². The first-order valence-electron chi connectivity index (χ1n) is 5.67. The second-order valence-corrected chi connectivity index (χ2v) is 3.98. The molecule has 1 aromatic rings. The number of hydrogen-bond donors (Lipinski definition) is 2. The van der Waals surface area contributed by atoms with Gasteiger partial charge >= 0.3 is 6.18 Å². The van der Waals surface area contributed by atoms with Crippen LogP contribution < -0.4 is 11.1 Å². The number of nitrogens with two attached hydrogens (primary N) is 1. The Kier molecular flexibility index (Phi) is 5.51. The van der Waals surface area contributed by atoms with Gasteiger partial charge in [0.05, 0.1) is 5.56 Å². The lowest BCUT2D eigenvalue weighted by Crippen LogP contribution is -2.35. The smallest absolute Gasteiger partial charge is 0.368 e. The second-order valence-electron chi connectivity index (χ2n) is 3.98. The van der Waals surface area contributed by atoms with Crippen LogP contribution in [0.3, 0.4) is 0 Å². The Labute approximate surface area is 116 Å². The van der Waals surface area contributed by atoms with Crippen molar-refractivity contribution in [2.75, 3.05) is 13.1 Å². The topological polar surface area (TPSA) is 104 Å². The van der Waals surface area contributed by atoms with Gasteiger partial charge in [-0.15, -0.1) is 0 Å². The van der Waals surface area contributed by atoms with E-state index in [1.165, 1.54) is 0 Å². The van der Waals surface area contributed by atoms with Crippen molar-refractivity contribution in [1.29, 1.82) is 0 Å². The molecule has 21 heavy (non-hydrogen) atoms. The molecule has 0 radical (unpaired) electrons. The highest BCUT2D eigenvalue weighted by Gasteiger charge is 2.35. The molecule has 6 nitrogen and oxygen atoms in total. The van der Waals surface area contributed by atoms with Gasteiger partial charge in [0.15, 0.2) is 0 Å². The Morgan fingerprint density at radius 2 is 2.14 bits per heavy atom. The monoisotopic (exact) mass is 305 g/mol. The number of alkyl halides is 3. The Balaban J connectivity index is 3.03. The summed E-state index contributed by atoms with van der Waals surface area (Å²) in [5.74, 6) is -2.38. The van der Waals surface area contributed by atoms with Gasteiger partial charge in [-0.3, -0.25) is 4.79 Å². The summed E-state index contributed by atoms with van der Waals surface area (Å²) < 4.78 is 51.0. The molecule has 0 aliphatic heterocycles. The third kappa shape index (κ3) is 4.62. The van der Waals surface area contributed by atoms with E-state index in [1.807, 2.05) is 0 Å². The number of nitrogens with one attached hydrogen (secondary N) is 1. The molecule has 3 N–H and O–H groups in total. The molecule has 1 unspecified atom stereocenters. The zero-order valence-electron chi connectivity index (χ0n) is 10.6. The van der Waals surface area contributed by atoms with Crippen LogP contribution in [0.5, 0.6) is 0 Å². The lowest BCUT2D eigenvalue weighted by molar-refractivity contribution is -0.140. The van der Waals surface area contributed by atoms with Gasteiger partial charge in [0.2, 0.25) is 5.91 Å². The molecule has 0 aliphatic carbocycles. The minimum atomic E-state index is -4.88. The number of carbonyl (C=O) groups is 1. The number of primary amides is 1. The van der Waals surface area contributed by atoms with Gasteiger partial charge in [-0.05, 0) is 23.2 Å². The fourth-order valence-corrected chi connectivity index (χ4v) is 1.63. The molecule has 1 amide bonds. The van der Waals surface area contributed by atoms with Crippen LogP contribution in [-0.4, -0.2) is 19.0 Å². The third-order valence-corrected chi connectivity index (χ3v) is 2.54. The fraction of sp³-hybridized carbons (Fsp3) is 0.364. The highest BCUT2D eigenvalue weighted by molar-refractivity contribution is 5.81. The number of rotatable bonds is 6. The minimum absolute atomic E-state index is 0.0202. The third-order valence-electron chi connectivity index (χ3n) is 2.54. The number of halogens is 4. The van der Waals surface area contributed by atoms with E-state index < -0.39 is 29.5 Å². The molecule has 0 fully saturated rings. The quantitative estimate of drug-likeness (QED) is 0.277. The zero-order chi connectivity index (χ0) is 16.0. The minimum Gasteiger partial charge on any atom is -0.368 e. The van der Waals surface area contributed by atoms with Gasteiger partial charge in [-0.25, -0.2) is 4.39 Å². The molecular weight excluding hydrogens is 294 g/mol. The van der Waals surface area contributed by atoms with Crippen LogP contribution >= 0.6 is 0 Å².